The van der Waals surface area contributed by atoms with Crippen LogP contribution >= 0.6 is 24.0 Å². The summed E-state index contributed by atoms with van der Waals surface area (Å²) in [6, 6.07) is 2.41. The van der Waals surface area contributed by atoms with Gasteiger partial charge in [-0.1, -0.05) is 6.92 Å². The number of likely N-dealkylation sites (N-methyl/N-ethyl adjacent to an activating group) is 1. The Hall–Kier alpha value is -0.800. The van der Waals surface area contributed by atoms with E-state index >= 15 is 0 Å². The molecule has 0 aliphatic carbocycles. The van der Waals surface area contributed by atoms with Gasteiger partial charge in [-0.05, 0) is 54.2 Å². The van der Waals surface area contributed by atoms with Gasteiger partial charge in [-0.15, -0.1) is 24.0 Å². The first-order valence-electron chi connectivity index (χ1n) is 9.27. The molecule has 26 heavy (non-hydrogen) atoms. The molecular weight excluding hydrogens is 443 g/mol. The molecule has 0 aliphatic heterocycles. The molecule has 3 N–H and O–H groups in total. The molecule has 1 unspecified atom stereocenters. The number of aryl methyl sites for hydroxylation is 2. The molecule has 152 valence electrons. The van der Waals surface area contributed by atoms with Crippen LogP contribution in [-0.4, -0.2) is 54.7 Å². The molecule has 1 aromatic rings. The molecule has 0 aliphatic rings. The lowest BCUT2D eigenvalue weighted by Crippen LogP contribution is -2.43. The second-order valence-electron chi connectivity index (χ2n) is 6.95. The highest BCUT2D eigenvalue weighted by molar-refractivity contribution is 14.0. The van der Waals surface area contributed by atoms with Crippen molar-refractivity contribution in [2.75, 3.05) is 32.7 Å². The van der Waals surface area contributed by atoms with Crippen molar-refractivity contribution in [1.29, 1.82) is 0 Å². The van der Waals surface area contributed by atoms with E-state index in [0.29, 0.717) is 6.04 Å². The van der Waals surface area contributed by atoms with Gasteiger partial charge in [0.25, 0.3) is 0 Å². The maximum Gasteiger partial charge on any atom is 0.191 e. The van der Waals surface area contributed by atoms with E-state index in [4.69, 9.17) is 4.42 Å². The predicted molar refractivity (Wildman–Crippen MR) is 120 cm³/mol. The first-order valence-corrected chi connectivity index (χ1v) is 9.27. The first kappa shape index (κ1) is 25.2. The average Bonchev–Trinajstić information content (AvgIpc) is 2.88. The van der Waals surface area contributed by atoms with E-state index in [2.05, 4.69) is 41.3 Å². The van der Waals surface area contributed by atoms with Crippen LogP contribution in [0.5, 0.6) is 0 Å². The lowest BCUT2D eigenvalue weighted by Gasteiger charge is -2.25. The Morgan fingerprint density at radius 1 is 1.31 bits per heavy atom. The molecule has 6 nitrogen and oxygen atoms in total. The van der Waals surface area contributed by atoms with Crippen LogP contribution in [-0.2, 0) is 5.60 Å². The Labute approximate surface area is 175 Å². The Bertz CT molecular complexity index is 556. The minimum Gasteiger partial charge on any atom is -0.466 e. The molecule has 7 heteroatoms. The maximum atomic E-state index is 10.8. The van der Waals surface area contributed by atoms with E-state index in [0.717, 1.165) is 49.2 Å². The van der Waals surface area contributed by atoms with Crippen molar-refractivity contribution in [2.24, 2.45) is 4.99 Å². The van der Waals surface area contributed by atoms with Crippen molar-refractivity contribution in [3.63, 3.8) is 0 Å². The Morgan fingerprint density at radius 3 is 2.42 bits per heavy atom. The zero-order chi connectivity index (χ0) is 19.0. The lowest BCUT2D eigenvalue weighted by atomic mass is 9.96. The van der Waals surface area contributed by atoms with E-state index in [-0.39, 0.29) is 30.5 Å². The normalized spacial score (nSPS) is 14.3. The van der Waals surface area contributed by atoms with Gasteiger partial charge in [0.2, 0.25) is 0 Å². The molecule has 0 radical (unpaired) electrons. The van der Waals surface area contributed by atoms with Crippen LogP contribution in [0.25, 0.3) is 0 Å². The fourth-order valence-corrected chi connectivity index (χ4v) is 2.92. The lowest BCUT2D eigenvalue weighted by molar-refractivity contribution is 0.0657. The zero-order valence-corrected chi connectivity index (χ0v) is 19.7. The molecular formula is C19H37IN4O2. The molecule has 1 aromatic heterocycles. The summed E-state index contributed by atoms with van der Waals surface area (Å²) in [6.07, 6.45) is 0. The summed E-state index contributed by atoms with van der Waals surface area (Å²) in [5, 5.41) is 17.4. The molecule has 1 rings (SSSR count). The second-order valence-corrected chi connectivity index (χ2v) is 6.95. The van der Waals surface area contributed by atoms with Gasteiger partial charge in [0.1, 0.15) is 17.1 Å². The molecule has 1 heterocycles. The number of aliphatic hydroxyl groups is 1. The topological polar surface area (TPSA) is 73.0 Å². The number of hydrogen-bond acceptors (Lipinski definition) is 4. The quantitative estimate of drug-likeness (QED) is 0.288. The molecule has 0 amide bonds. The van der Waals surface area contributed by atoms with Crippen molar-refractivity contribution in [3.8, 4) is 0 Å². The molecule has 1 atom stereocenters. The molecule has 0 bridgehead atoms. The number of nitrogens with one attached hydrogen (secondary N) is 2. The number of hydrogen-bond donors (Lipinski definition) is 3. The SMILES string of the molecule is CCNC(=NCC(C)(O)c1cc(C)oc1C)NCCN(CC)C(C)C.I. The minimum atomic E-state index is -1.06. The number of halogens is 1. The van der Waals surface area contributed by atoms with Gasteiger partial charge in [0, 0.05) is 31.2 Å². The summed E-state index contributed by atoms with van der Waals surface area (Å²) >= 11 is 0. The van der Waals surface area contributed by atoms with Crippen LogP contribution in [0.15, 0.2) is 15.5 Å². The summed E-state index contributed by atoms with van der Waals surface area (Å²) in [5.74, 6) is 2.27. The fourth-order valence-electron chi connectivity index (χ4n) is 2.92. The van der Waals surface area contributed by atoms with Gasteiger partial charge in [-0.2, -0.15) is 0 Å². The number of rotatable bonds is 9. The van der Waals surface area contributed by atoms with Crippen LogP contribution in [0.1, 0.15) is 51.7 Å². The summed E-state index contributed by atoms with van der Waals surface area (Å²) < 4.78 is 5.54. The van der Waals surface area contributed by atoms with E-state index in [1.165, 1.54) is 0 Å². The molecule has 0 fully saturated rings. The summed E-state index contributed by atoms with van der Waals surface area (Å²) in [4.78, 5) is 6.96. The number of guanidine groups is 1. The second kappa shape index (κ2) is 11.8. The van der Waals surface area contributed by atoms with E-state index in [1.807, 2.05) is 26.8 Å². The number of aliphatic imine (C=N–C) groups is 1. The monoisotopic (exact) mass is 480 g/mol. The van der Waals surface area contributed by atoms with E-state index in [9.17, 15) is 5.11 Å². The molecule has 0 aromatic carbocycles. The van der Waals surface area contributed by atoms with Crippen LogP contribution < -0.4 is 10.6 Å². The third-order valence-electron chi connectivity index (χ3n) is 4.34. The van der Waals surface area contributed by atoms with Crippen molar-refractivity contribution in [2.45, 2.75) is 60.1 Å². The van der Waals surface area contributed by atoms with Crippen LogP contribution in [0, 0.1) is 13.8 Å². The van der Waals surface area contributed by atoms with Gasteiger partial charge in [-0.3, -0.25) is 4.90 Å². The van der Waals surface area contributed by atoms with Gasteiger partial charge in [0.05, 0.1) is 6.54 Å². The van der Waals surface area contributed by atoms with Gasteiger partial charge < -0.3 is 20.2 Å². The van der Waals surface area contributed by atoms with Crippen molar-refractivity contribution in [3.05, 3.63) is 23.2 Å². The number of nitrogens with zero attached hydrogens (tertiary/aromatic N) is 2. The van der Waals surface area contributed by atoms with Crippen LogP contribution in [0.2, 0.25) is 0 Å². The first-order chi connectivity index (χ1) is 11.7. The Kier molecular flexibility index (Phi) is 11.5. The smallest absolute Gasteiger partial charge is 0.191 e. The largest absolute Gasteiger partial charge is 0.466 e. The maximum absolute atomic E-state index is 10.8. The van der Waals surface area contributed by atoms with Crippen molar-refractivity contribution in [1.82, 2.24) is 15.5 Å². The van der Waals surface area contributed by atoms with Crippen molar-refractivity contribution >= 4 is 29.9 Å². The summed E-state index contributed by atoms with van der Waals surface area (Å²) in [6.45, 7) is 18.0. The third kappa shape index (κ3) is 7.84. The van der Waals surface area contributed by atoms with Crippen molar-refractivity contribution < 1.29 is 9.52 Å². The highest BCUT2D eigenvalue weighted by atomic mass is 127. The molecule has 0 saturated heterocycles. The Balaban J connectivity index is 0.00000625. The van der Waals surface area contributed by atoms with Gasteiger partial charge in [-0.25, -0.2) is 4.99 Å². The third-order valence-corrected chi connectivity index (χ3v) is 4.34. The molecule has 0 spiro atoms. The average molecular weight is 480 g/mol. The standard InChI is InChI=1S/C19H36N4O2.HI/c1-8-20-18(21-10-11-23(9-2)14(3)4)22-13-19(7,24)17-12-15(5)25-16(17)6;/h12,14,24H,8-11,13H2,1-7H3,(H2,20,21,22);1H. The van der Waals surface area contributed by atoms with Crippen LogP contribution in [0.4, 0.5) is 0 Å². The fraction of sp³-hybridized carbons (Fsp3) is 0.737. The van der Waals surface area contributed by atoms with E-state index in [1.54, 1.807) is 6.92 Å². The minimum absolute atomic E-state index is 0. The summed E-state index contributed by atoms with van der Waals surface area (Å²) in [5.41, 5.74) is -0.265. The summed E-state index contributed by atoms with van der Waals surface area (Å²) in [7, 11) is 0. The Morgan fingerprint density at radius 2 is 1.96 bits per heavy atom. The number of furan rings is 1. The van der Waals surface area contributed by atoms with Gasteiger partial charge >= 0.3 is 0 Å². The van der Waals surface area contributed by atoms with Crippen LogP contribution in [0.3, 0.4) is 0 Å². The predicted octanol–water partition coefficient (Wildman–Crippen LogP) is 3.01. The highest BCUT2D eigenvalue weighted by Gasteiger charge is 2.27. The van der Waals surface area contributed by atoms with Gasteiger partial charge in [0.15, 0.2) is 5.96 Å². The zero-order valence-electron chi connectivity index (χ0n) is 17.3. The van der Waals surface area contributed by atoms with E-state index < -0.39 is 5.60 Å². The molecule has 0 saturated carbocycles. The highest BCUT2D eigenvalue weighted by Crippen LogP contribution is 2.27.